The van der Waals surface area contributed by atoms with Crippen molar-refractivity contribution in [3.05, 3.63) is 10.6 Å². The molecular weight excluding hydrogens is 134 g/mol. The summed E-state index contributed by atoms with van der Waals surface area (Å²) < 4.78 is 0.567. The second-order valence-corrected chi connectivity index (χ2v) is 2.71. The standard InChI is InChI=1S/C5H7N3S/c9-5-6-4(7-8-5)3-1-2-3/h3H,1-2H2,(H2,6,7,8,9). The highest BCUT2D eigenvalue weighted by atomic mass is 32.1. The minimum Gasteiger partial charge on any atom is -0.285 e. The molecule has 1 aromatic rings. The summed E-state index contributed by atoms with van der Waals surface area (Å²) in [5.41, 5.74) is 0. The predicted molar refractivity (Wildman–Crippen MR) is 35.7 cm³/mol. The lowest BCUT2D eigenvalue weighted by Crippen LogP contribution is -1.79. The van der Waals surface area contributed by atoms with Gasteiger partial charge in [-0.25, -0.2) is 4.98 Å². The van der Waals surface area contributed by atoms with Crippen LogP contribution in [0.2, 0.25) is 0 Å². The second kappa shape index (κ2) is 1.67. The number of nitrogens with one attached hydrogen (secondary N) is 2. The quantitative estimate of drug-likeness (QED) is 0.580. The fraction of sp³-hybridized carbons (Fsp3) is 0.600. The van der Waals surface area contributed by atoms with Crippen molar-refractivity contribution in [3.8, 4) is 0 Å². The number of H-pyrrole nitrogens is 2. The van der Waals surface area contributed by atoms with E-state index in [9.17, 15) is 0 Å². The van der Waals surface area contributed by atoms with Crippen LogP contribution in [-0.2, 0) is 0 Å². The molecule has 2 rings (SSSR count). The molecule has 0 spiro atoms. The Morgan fingerprint density at radius 3 is 2.67 bits per heavy atom. The monoisotopic (exact) mass is 141 g/mol. The summed E-state index contributed by atoms with van der Waals surface area (Å²) >= 11 is 4.78. The normalized spacial score (nSPS) is 18.2. The Morgan fingerprint density at radius 1 is 1.44 bits per heavy atom. The molecule has 0 radical (unpaired) electrons. The summed E-state index contributed by atoms with van der Waals surface area (Å²) in [7, 11) is 0. The van der Waals surface area contributed by atoms with E-state index in [1.807, 2.05) is 0 Å². The number of hydrogen-bond donors (Lipinski definition) is 2. The average Bonchev–Trinajstić information content (AvgIpc) is 2.58. The number of hydrogen-bond acceptors (Lipinski definition) is 2. The van der Waals surface area contributed by atoms with Crippen LogP contribution in [0.5, 0.6) is 0 Å². The molecule has 0 bridgehead atoms. The van der Waals surface area contributed by atoms with Crippen LogP contribution >= 0.6 is 12.2 Å². The van der Waals surface area contributed by atoms with Crippen molar-refractivity contribution in [2.45, 2.75) is 18.8 Å². The van der Waals surface area contributed by atoms with Gasteiger partial charge in [0.05, 0.1) is 0 Å². The van der Waals surface area contributed by atoms with E-state index in [4.69, 9.17) is 12.2 Å². The molecule has 1 aliphatic rings. The van der Waals surface area contributed by atoms with Gasteiger partial charge in [0.25, 0.3) is 0 Å². The molecule has 3 nitrogen and oxygen atoms in total. The number of aromatic nitrogens is 3. The fourth-order valence-electron chi connectivity index (χ4n) is 0.833. The van der Waals surface area contributed by atoms with Gasteiger partial charge in [-0.3, -0.25) is 10.2 Å². The summed E-state index contributed by atoms with van der Waals surface area (Å²) in [6, 6.07) is 0. The third kappa shape index (κ3) is 0.896. The number of aromatic amines is 2. The molecule has 0 unspecified atom stereocenters. The van der Waals surface area contributed by atoms with Crippen molar-refractivity contribution >= 4 is 12.2 Å². The lowest BCUT2D eigenvalue weighted by Gasteiger charge is -1.81. The van der Waals surface area contributed by atoms with Crippen molar-refractivity contribution in [1.29, 1.82) is 0 Å². The molecule has 0 aromatic carbocycles. The molecule has 1 saturated carbocycles. The van der Waals surface area contributed by atoms with E-state index in [0.717, 1.165) is 5.82 Å². The van der Waals surface area contributed by atoms with Crippen molar-refractivity contribution < 1.29 is 0 Å². The van der Waals surface area contributed by atoms with Crippen molar-refractivity contribution in [2.75, 3.05) is 0 Å². The van der Waals surface area contributed by atoms with E-state index in [1.54, 1.807) is 0 Å². The Kier molecular flexibility index (Phi) is 0.958. The lowest BCUT2D eigenvalue weighted by atomic mass is 10.4. The first kappa shape index (κ1) is 5.17. The lowest BCUT2D eigenvalue weighted by molar-refractivity contribution is 0.934. The highest BCUT2D eigenvalue weighted by molar-refractivity contribution is 7.71. The minimum absolute atomic E-state index is 0.567. The number of nitrogens with zero attached hydrogens (tertiary/aromatic N) is 1. The summed E-state index contributed by atoms with van der Waals surface area (Å²) in [6.07, 6.45) is 2.52. The molecule has 4 heteroatoms. The SMILES string of the molecule is S=c1nc(C2CC2)[nH][nH]1. The smallest absolute Gasteiger partial charge is 0.213 e. The van der Waals surface area contributed by atoms with Crippen molar-refractivity contribution in [3.63, 3.8) is 0 Å². The average molecular weight is 141 g/mol. The van der Waals surface area contributed by atoms with Crippen LogP contribution in [-0.4, -0.2) is 15.2 Å². The van der Waals surface area contributed by atoms with Gasteiger partial charge in [0.15, 0.2) is 0 Å². The van der Waals surface area contributed by atoms with Gasteiger partial charge < -0.3 is 0 Å². The Morgan fingerprint density at radius 2 is 2.22 bits per heavy atom. The highest BCUT2D eigenvalue weighted by Crippen LogP contribution is 2.37. The van der Waals surface area contributed by atoms with E-state index in [-0.39, 0.29) is 0 Å². The Balaban J connectivity index is 2.38. The molecule has 1 heterocycles. The molecule has 9 heavy (non-hydrogen) atoms. The first-order valence-corrected chi connectivity index (χ1v) is 3.41. The van der Waals surface area contributed by atoms with Crippen molar-refractivity contribution in [1.82, 2.24) is 15.2 Å². The van der Waals surface area contributed by atoms with Gasteiger partial charge in [0.2, 0.25) is 4.77 Å². The largest absolute Gasteiger partial charge is 0.285 e. The Labute approximate surface area is 57.5 Å². The molecule has 0 atom stereocenters. The molecule has 0 saturated heterocycles. The van der Waals surface area contributed by atoms with Crippen LogP contribution in [0.4, 0.5) is 0 Å². The van der Waals surface area contributed by atoms with E-state index in [1.165, 1.54) is 12.8 Å². The van der Waals surface area contributed by atoms with E-state index >= 15 is 0 Å². The van der Waals surface area contributed by atoms with Gasteiger partial charge in [-0.2, -0.15) is 0 Å². The van der Waals surface area contributed by atoms with Crippen LogP contribution in [0.3, 0.4) is 0 Å². The van der Waals surface area contributed by atoms with Gasteiger partial charge >= 0.3 is 0 Å². The Hall–Kier alpha value is -0.640. The first-order valence-electron chi connectivity index (χ1n) is 3.01. The molecule has 1 fully saturated rings. The predicted octanol–water partition coefficient (Wildman–Crippen LogP) is 1.34. The summed E-state index contributed by atoms with van der Waals surface area (Å²) in [5.74, 6) is 1.69. The van der Waals surface area contributed by atoms with Gasteiger partial charge in [-0.15, -0.1) is 0 Å². The summed E-state index contributed by atoms with van der Waals surface area (Å²) in [6.45, 7) is 0. The maximum Gasteiger partial charge on any atom is 0.213 e. The highest BCUT2D eigenvalue weighted by Gasteiger charge is 2.25. The third-order valence-electron chi connectivity index (χ3n) is 1.48. The van der Waals surface area contributed by atoms with Crippen LogP contribution in [0.25, 0.3) is 0 Å². The molecule has 0 amide bonds. The van der Waals surface area contributed by atoms with Crippen LogP contribution in [0.15, 0.2) is 0 Å². The molecule has 48 valence electrons. The third-order valence-corrected chi connectivity index (χ3v) is 1.68. The van der Waals surface area contributed by atoms with Crippen LogP contribution < -0.4 is 0 Å². The minimum atomic E-state index is 0.567. The molecule has 1 aromatic heterocycles. The zero-order chi connectivity index (χ0) is 6.27. The van der Waals surface area contributed by atoms with Crippen LogP contribution in [0.1, 0.15) is 24.6 Å². The molecular formula is C5H7N3S. The van der Waals surface area contributed by atoms with E-state index in [0.29, 0.717) is 10.7 Å². The summed E-state index contributed by atoms with van der Waals surface area (Å²) in [4.78, 5) is 4.08. The Bertz CT molecular complexity index is 257. The second-order valence-electron chi connectivity index (χ2n) is 2.33. The number of rotatable bonds is 1. The first-order chi connectivity index (χ1) is 4.36. The molecule has 0 aliphatic heterocycles. The van der Waals surface area contributed by atoms with Gasteiger partial charge in [-0.05, 0) is 25.1 Å². The van der Waals surface area contributed by atoms with Gasteiger partial charge in [0, 0.05) is 5.92 Å². The molecule has 1 aliphatic carbocycles. The zero-order valence-electron chi connectivity index (χ0n) is 4.85. The van der Waals surface area contributed by atoms with Crippen LogP contribution in [0, 0.1) is 4.77 Å². The van der Waals surface area contributed by atoms with Gasteiger partial charge in [0.1, 0.15) is 5.82 Å². The van der Waals surface area contributed by atoms with Crippen molar-refractivity contribution in [2.24, 2.45) is 0 Å². The zero-order valence-corrected chi connectivity index (χ0v) is 5.66. The van der Waals surface area contributed by atoms with Gasteiger partial charge in [-0.1, -0.05) is 0 Å². The fourth-order valence-corrected chi connectivity index (χ4v) is 0.982. The maximum atomic E-state index is 4.78. The topological polar surface area (TPSA) is 44.5 Å². The summed E-state index contributed by atoms with van der Waals surface area (Å²) in [5, 5.41) is 5.70. The maximum absolute atomic E-state index is 4.78. The molecule has 2 N–H and O–H groups in total. The van der Waals surface area contributed by atoms with E-state index < -0.39 is 0 Å². The van der Waals surface area contributed by atoms with E-state index in [2.05, 4.69) is 15.2 Å².